The van der Waals surface area contributed by atoms with Gasteiger partial charge in [0.25, 0.3) is 0 Å². The zero-order chi connectivity index (χ0) is 17.1. The van der Waals surface area contributed by atoms with Crippen molar-refractivity contribution in [3.8, 4) is 11.4 Å². The maximum absolute atomic E-state index is 5.51. The van der Waals surface area contributed by atoms with E-state index in [1.54, 1.807) is 24.7 Å². The predicted molar refractivity (Wildman–Crippen MR) is 94.2 cm³/mol. The third-order valence-electron chi connectivity index (χ3n) is 3.65. The van der Waals surface area contributed by atoms with Crippen molar-refractivity contribution in [1.29, 1.82) is 0 Å². The normalized spacial score (nSPS) is 10.9. The Kier molecular flexibility index (Phi) is 4.30. The molecule has 0 aliphatic heterocycles. The van der Waals surface area contributed by atoms with Gasteiger partial charge >= 0.3 is 0 Å². The van der Waals surface area contributed by atoms with Crippen LogP contribution in [0.4, 0.5) is 0 Å². The second-order valence-corrected chi connectivity index (χ2v) is 6.41. The van der Waals surface area contributed by atoms with Crippen LogP contribution in [0.2, 0.25) is 0 Å². The van der Waals surface area contributed by atoms with E-state index >= 15 is 0 Å². The van der Waals surface area contributed by atoms with E-state index in [0.717, 1.165) is 22.3 Å². The quantitative estimate of drug-likeness (QED) is 0.510. The number of aryl methyl sites for hydroxylation is 1. The molecule has 0 amide bonds. The molecule has 7 heteroatoms. The Balaban J connectivity index is 1.74. The van der Waals surface area contributed by atoms with Crippen molar-refractivity contribution in [2.24, 2.45) is 0 Å². The van der Waals surface area contributed by atoms with Gasteiger partial charge in [-0.2, -0.15) is 0 Å². The summed E-state index contributed by atoms with van der Waals surface area (Å²) in [6, 6.07) is 13.8. The summed E-state index contributed by atoms with van der Waals surface area (Å²) in [7, 11) is 0. The summed E-state index contributed by atoms with van der Waals surface area (Å²) in [5.41, 5.74) is 2.21. The molecule has 0 fully saturated rings. The lowest BCUT2D eigenvalue weighted by molar-refractivity contribution is 0.485. The highest BCUT2D eigenvalue weighted by atomic mass is 32.2. The lowest BCUT2D eigenvalue weighted by Crippen LogP contribution is -2.03. The summed E-state index contributed by atoms with van der Waals surface area (Å²) in [6.45, 7) is 2.60. The molecule has 3 heterocycles. The molecule has 25 heavy (non-hydrogen) atoms. The fourth-order valence-corrected chi connectivity index (χ4v) is 3.13. The number of hydrogen-bond acceptors (Lipinski definition) is 6. The zero-order valence-corrected chi connectivity index (χ0v) is 14.3. The monoisotopic (exact) mass is 349 g/mol. The largest absolute Gasteiger partial charge is 0.467 e. The van der Waals surface area contributed by atoms with Crippen LogP contribution in [0.15, 0.2) is 75.9 Å². The highest BCUT2D eigenvalue weighted by Gasteiger charge is 2.17. The average Bonchev–Trinajstić information content (AvgIpc) is 3.28. The van der Waals surface area contributed by atoms with Gasteiger partial charge in [0.05, 0.1) is 12.8 Å². The Morgan fingerprint density at radius 1 is 1.00 bits per heavy atom. The Morgan fingerprint density at radius 3 is 2.52 bits per heavy atom. The summed E-state index contributed by atoms with van der Waals surface area (Å²) >= 11 is 1.38. The first kappa shape index (κ1) is 15.6. The lowest BCUT2D eigenvalue weighted by Gasteiger charge is -2.08. The number of rotatable bonds is 5. The summed E-state index contributed by atoms with van der Waals surface area (Å²) in [4.78, 5) is 8.51. The molecule has 0 atom stereocenters. The average molecular weight is 349 g/mol. The van der Waals surface area contributed by atoms with Crippen LogP contribution in [0.25, 0.3) is 11.4 Å². The SMILES string of the molecule is Cc1ccc(-c2nnc(Sc3ncccn3)n2Cc2ccco2)cc1. The molecule has 0 unspecified atom stereocenters. The molecule has 0 radical (unpaired) electrons. The van der Waals surface area contributed by atoms with Gasteiger partial charge in [0.15, 0.2) is 16.1 Å². The molecule has 0 aliphatic rings. The molecular formula is C18H15N5OS. The van der Waals surface area contributed by atoms with Gasteiger partial charge in [0.2, 0.25) is 0 Å². The van der Waals surface area contributed by atoms with Crippen LogP contribution in [0.5, 0.6) is 0 Å². The fraction of sp³-hybridized carbons (Fsp3) is 0.111. The van der Waals surface area contributed by atoms with Gasteiger partial charge in [0.1, 0.15) is 5.76 Å². The standard InChI is InChI=1S/C18H15N5OS/c1-13-5-7-14(8-6-13)16-21-22-18(25-17-19-9-3-10-20-17)23(16)12-15-4-2-11-24-15/h2-11H,12H2,1H3. The number of benzene rings is 1. The second kappa shape index (κ2) is 6.90. The van der Waals surface area contributed by atoms with E-state index in [2.05, 4.69) is 39.2 Å². The van der Waals surface area contributed by atoms with Gasteiger partial charge < -0.3 is 4.42 Å². The van der Waals surface area contributed by atoms with Gasteiger partial charge in [-0.15, -0.1) is 10.2 Å². The minimum absolute atomic E-state index is 0.540. The number of nitrogens with zero attached hydrogens (tertiary/aromatic N) is 5. The number of aromatic nitrogens is 5. The molecule has 6 nitrogen and oxygen atoms in total. The van der Waals surface area contributed by atoms with Gasteiger partial charge in [-0.05, 0) is 36.9 Å². The summed E-state index contributed by atoms with van der Waals surface area (Å²) in [5, 5.41) is 10.1. The van der Waals surface area contributed by atoms with Crippen molar-refractivity contribution in [3.05, 3.63) is 72.4 Å². The minimum Gasteiger partial charge on any atom is -0.467 e. The first-order chi connectivity index (χ1) is 12.3. The maximum Gasteiger partial charge on any atom is 0.199 e. The van der Waals surface area contributed by atoms with Gasteiger partial charge in [-0.1, -0.05) is 29.8 Å². The van der Waals surface area contributed by atoms with Crippen LogP contribution in [0.1, 0.15) is 11.3 Å². The molecule has 0 N–H and O–H groups in total. The molecule has 0 aliphatic carbocycles. The molecule has 0 saturated carbocycles. The fourth-order valence-electron chi connectivity index (χ4n) is 2.40. The van der Waals surface area contributed by atoms with E-state index in [-0.39, 0.29) is 0 Å². The van der Waals surface area contributed by atoms with Gasteiger partial charge in [-0.3, -0.25) is 4.57 Å². The minimum atomic E-state index is 0.540. The zero-order valence-electron chi connectivity index (χ0n) is 13.5. The molecular weight excluding hydrogens is 334 g/mol. The van der Waals surface area contributed by atoms with Crippen molar-refractivity contribution in [1.82, 2.24) is 24.7 Å². The van der Waals surface area contributed by atoms with Crippen LogP contribution in [-0.2, 0) is 6.54 Å². The summed E-state index contributed by atoms with van der Waals surface area (Å²) in [6.07, 6.45) is 5.09. The highest BCUT2D eigenvalue weighted by Crippen LogP contribution is 2.28. The van der Waals surface area contributed by atoms with E-state index in [9.17, 15) is 0 Å². The maximum atomic E-state index is 5.51. The molecule has 124 valence electrons. The van der Waals surface area contributed by atoms with Crippen LogP contribution in [0, 0.1) is 6.92 Å². The van der Waals surface area contributed by atoms with Crippen LogP contribution in [0.3, 0.4) is 0 Å². The third-order valence-corrected chi connectivity index (χ3v) is 4.52. The molecule has 4 rings (SSSR count). The Morgan fingerprint density at radius 2 is 1.80 bits per heavy atom. The van der Waals surface area contributed by atoms with E-state index in [1.165, 1.54) is 17.3 Å². The Labute approximate surface area is 149 Å². The topological polar surface area (TPSA) is 69.6 Å². The second-order valence-electron chi connectivity index (χ2n) is 5.47. The molecule has 0 spiro atoms. The molecule has 1 aromatic carbocycles. The van der Waals surface area contributed by atoms with Crippen molar-refractivity contribution < 1.29 is 4.42 Å². The lowest BCUT2D eigenvalue weighted by atomic mass is 10.1. The van der Waals surface area contributed by atoms with Crippen molar-refractivity contribution in [3.63, 3.8) is 0 Å². The molecule has 0 saturated heterocycles. The molecule has 3 aromatic heterocycles. The molecule has 0 bridgehead atoms. The summed E-state index contributed by atoms with van der Waals surface area (Å²) < 4.78 is 7.52. The Hall–Kier alpha value is -2.93. The van der Waals surface area contributed by atoms with E-state index < -0.39 is 0 Å². The van der Waals surface area contributed by atoms with E-state index in [4.69, 9.17) is 4.42 Å². The van der Waals surface area contributed by atoms with Gasteiger partial charge in [-0.25, -0.2) is 9.97 Å². The third kappa shape index (κ3) is 3.46. The number of hydrogen-bond donors (Lipinski definition) is 0. The first-order valence-electron chi connectivity index (χ1n) is 7.77. The summed E-state index contributed by atoms with van der Waals surface area (Å²) in [5.74, 6) is 1.62. The van der Waals surface area contributed by atoms with Crippen molar-refractivity contribution in [2.45, 2.75) is 23.8 Å². The first-order valence-corrected chi connectivity index (χ1v) is 8.59. The van der Waals surface area contributed by atoms with Crippen LogP contribution < -0.4 is 0 Å². The molecule has 4 aromatic rings. The van der Waals surface area contributed by atoms with Crippen molar-refractivity contribution in [2.75, 3.05) is 0 Å². The highest BCUT2D eigenvalue weighted by molar-refractivity contribution is 7.99. The Bertz CT molecular complexity index is 949. The van der Waals surface area contributed by atoms with Crippen LogP contribution in [-0.4, -0.2) is 24.7 Å². The number of furan rings is 1. The smallest absolute Gasteiger partial charge is 0.199 e. The van der Waals surface area contributed by atoms with Crippen molar-refractivity contribution >= 4 is 11.8 Å². The van der Waals surface area contributed by atoms with E-state index in [1.807, 2.05) is 28.8 Å². The van der Waals surface area contributed by atoms with Crippen LogP contribution >= 0.6 is 11.8 Å². The van der Waals surface area contributed by atoms with Gasteiger partial charge in [0, 0.05) is 18.0 Å². The predicted octanol–water partition coefficient (Wildman–Crippen LogP) is 3.84. The van der Waals surface area contributed by atoms with E-state index in [0.29, 0.717) is 11.7 Å².